The van der Waals surface area contributed by atoms with Crippen molar-refractivity contribution in [1.29, 1.82) is 0 Å². The molecule has 0 radical (unpaired) electrons. The van der Waals surface area contributed by atoms with Crippen molar-refractivity contribution in [2.45, 2.75) is 19.6 Å². The molecule has 0 aromatic carbocycles. The van der Waals surface area contributed by atoms with Crippen LogP contribution < -0.4 is 4.90 Å². The second-order valence-corrected chi connectivity index (χ2v) is 3.83. The van der Waals surface area contributed by atoms with Gasteiger partial charge in [-0.15, -0.1) is 0 Å². The summed E-state index contributed by atoms with van der Waals surface area (Å²) in [5.74, 6) is 0.0481. The van der Waals surface area contributed by atoms with E-state index in [0.717, 1.165) is 18.0 Å². The Morgan fingerprint density at radius 1 is 1.37 bits per heavy atom. The van der Waals surface area contributed by atoms with E-state index >= 15 is 0 Å². The summed E-state index contributed by atoms with van der Waals surface area (Å²) in [7, 11) is 0. The van der Waals surface area contributed by atoms with E-state index in [1.165, 1.54) is 6.33 Å². The van der Waals surface area contributed by atoms with Crippen LogP contribution in [0.25, 0.3) is 0 Å². The van der Waals surface area contributed by atoms with Crippen LogP contribution in [-0.2, 0) is 12.7 Å². The molecule has 0 saturated carbocycles. The molecule has 0 fully saturated rings. The Kier molecular flexibility index (Phi) is 3.68. The van der Waals surface area contributed by atoms with E-state index in [4.69, 9.17) is 0 Å². The highest BCUT2D eigenvalue weighted by Crippen LogP contribution is 2.28. The number of alkyl halides is 3. The van der Waals surface area contributed by atoms with Gasteiger partial charge in [0.15, 0.2) is 0 Å². The molecule has 0 aliphatic heterocycles. The Labute approximate surface area is 107 Å². The highest BCUT2D eigenvalue weighted by Gasteiger charge is 2.33. The van der Waals surface area contributed by atoms with Crippen LogP contribution in [0.1, 0.15) is 18.3 Å². The molecule has 1 N–H and O–H groups in total. The summed E-state index contributed by atoms with van der Waals surface area (Å²) < 4.78 is 37.8. The Morgan fingerprint density at radius 3 is 2.74 bits per heavy atom. The number of rotatable bonds is 4. The van der Waals surface area contributed by atoms with Crippen molar-refractivity contribution < 1.29 is 13.2 Å². The van der Waals surface area contributed by atoms with Crippen LogP contribution in [0.15, 0.2) is 24.8 Å². The molecular weight excluding hydrogens is 259 g/mol. The minimum atomic E-state index is -4.47. The van der Waals surface area contributed by atoms with Crippen molar-refractivity contribution in [1.82, 2.24) is 19.9 Å². The fourth-order valence-corrected chi connectivity index (χ4v) is 1.56. The normalized spacial score (nSPS) is 11.6. The minimum Gasteiger partial charge on any atom is -0.347 e. The van der Waals surface area contributed by atoms with Crippen molar-refractivity contribution in [2.24, 2.45) is 0 Å². The minimum absolute atomic E-state index is 0.0481. The number of aromatic amines is 1. The van der Waals surface area contributed by atoms with Gasteiger partial charge in [-0.2, -0.15) is 13.2 Å². The lowest BCUT2D eigenvalue weighted by atomic mass is 10.4. The lowest BCUT2D eigenvalue weighted by Gasteiger charge is -2.20. The number of aromatic nitrogens is 4. The third-order valence-electron chi connectivity index (χ3n) is 2.51. The Bertz CT molecular complexity index is 523. The number of halogens is 3. The predicted molar refractivity (Wildman–Crippen MR) is 62.3 cm³/mol. The first-order valence-electron chi connectivity index (χ1n) is 5.63. The summed E-state index contributed by atoms with van der Waals surface area (Å²) in [6.07, 6.45) is -0.238. The Morgan fingerprint density at radius 2 is 2.16 bits per heavy atom. The first kappa shape index (κ1) is 13.3. The van der Waals surface area contributed by atoms with Crippen LogP contribution in [0.2, 0.25) is 0 Å². The molecule has 0 saturated heterocycles. The molecule has 2 heterocycles. The number of nitrogens with zero attached hydrogens (tertiary/aromatic N) is 4. The van der Waals surface area contributed by atoms with E-state index in [1.54, 1.807) is 11.1 Å². The largest absolute Gasteiger partial charge is 0.433 e. The third kappa shape index (κ3) is 3.21. The number of hydrogen-bond donors (Lipinski definition) is 1. The topological polar surface area (TPSA) is 57.7 Å². The average molecular weight is 271 g/mol. The number of imidazole rings is 1. The monoisotopic (exact) mass is 271 g/mol. The van der Waals surface area contributed by atoms with E-state index < -0.39 is 11.9 Å². The van der Waals surface area contributed by atoms with Crippen LogP contribution >= 0.6 is 0 Å². The van der Waals surface area contributed by atoms with Gasteiger partial charge in [-0.25, -0.2) is 15.0 Å². The molecule has 0 atom stereocenters. The summed E-state index contributed by atoms with van der Waals surface area (Å²) in [5.41, 5.74) is -0.163. The lowest BCUT2D eigenvalue weighted by Crippen LogP contribution is -2.25. The smallest absolute Gasteiger partial charge is 0.347 e. The van der Waals surface area contributed by atoms with Gasteiger partial charge in [0.05, 0.1) is 18.6 Å². The van der Waals surface area contributed by atoms with Crippen LogP contribution in [0.5, 0.6) is 0 Å². The third-order valence-corrected chi connectivity index (χ3v) is 2.51. The van der Waals surface area contributed by atoms with Gasteiger partial charge in [0.2, 0.25) is 5.95 Å². The zero-order chi connectivity index (χ0) is 13.9. The second kappa shape index (κ2) is 5.25. The molecule has 0 aliphatic rings. The van der Waals surface area contributed by atoms with E-state index in [2.05, 4.69) is 19.9 Å². The summed E-state index contributed by atoms with van der Waals surface area (Å²) in [4.78, 5) is 15.8. The van der Waals surface area contributed by atoms with E-state index in [1.807, 2.05) is 6.92 Å². The molecule has 2 aromatic rings. The van der Waals surface area contributed by atoms with Crippen LogP contribution in [-0.4, -0.2) is 26.5 Å². The maximum absolute atomic E-state index is 12.6. The molecule has 0 bridgehead atoms. The molecule has 2 rings (SSSR count). The quantitative estimate of drug-likeness (QED) is 0.926. The van der Waals surface area contributed by atoms with Crippen molar-refractivity contribution in [3.63, 3.8) is 0 Å². The molecule has 5 nitrogen and oxygen atoms in total. The fourth-order valence-electron chi connectivity index (χ4n) is 1.56. The standard InChI is InChI=1S/C11H12F3N5/c1-2-19(6-8-5-15-7-17-8)10-16-4-3-9(18-10)11(12,13)14/h3-5,7H,2,6H2,1H3,(H,15,17). The SMILES string of the molecule is CCN(Cc1cnc[nH]1)c1nccc(C(F)(F)F)n1. The Balaban J connectivity index is 2.23. The highest BCUT2D eigenvalue weighted by atomic mass is 19.4. The Hall–Kier alpha value is -2.12. The predicted octanol–water partition coefficient (Wildman–Crippen LogP) is 2.25. The van der Waals surface area contributed by atoms with Crippen LogP contribution in [0.4, 0.5) is 19.1 Å². The first-order valence-corrected chi connectivity index (χ1v) is 5.63. The summed E-state index contributed by atoms with van der Waals surface area (Å²) in [5, 5.41) is 0. The summed E-state index contributed by atoms with van der Waals surface area (Å²) >= 11 is 0. The van der Waals surface area contributed by atoms with Gasteiger partial charge >= 0.3 is 6.18 Å². The second-order valence-electron chi connectivity index (χ2n) is 3.83. The van der Waals surface area contributed by atoms with Gasteiger partial charge in [0.25, 0.3) is 0 Å². The van der Waals surface area contributed by atoms with E-state index in [-0.39, 0.29) is 5.95 Å². The van der Waals surface area contributed by atoms with Gasteiger partial charge in [0, 0.05) is 18.9 Å². The number of H-pyrrole nitrogens is 1. The van der Waals surface area contributed by atoms with Crippen molar-refractivity contribution >= 4 is 5.95 Å². The van der Waals surface area contributed by atoms with Gasteiger partial charge in [-0.05, 0) is 13.0 Å². The molecule has 0 spiro atoms. The zero-order valence-electron chi connectivity index (χ0n) is 10.1. The lowest BCUT2D eigenvalue weighted by molar-refractivity contribution is -0.141. The number of nitrogens with one attached hydrogen (secondary N) is 1. The van der Waals surface area contributed by atoms with Crippen LogP contribution in [0.3, 0.4) is 0 Å². The molecule has 0 unspecified atom stereocenters. The maximum atomic E-state index is 12.6. The fraction of sp³-hybridized carbons (Fsp3) is 0.364. The van der Waals surface area contributed by atoms with Crippen LogP contribution in [0, 0.1) is 0 Å². The molecule has 19 heavy (non-hydrogen) atoms. The summed E-state index contributed by atoms with van der Waals surface area (Å²) in [6.45, 7) is 2.68. The molecule has 0 amide bonds. The summed E-state index contributed by atoms with van der Waals surface area (Å²) in [6, 6.07) is 0.855. The van der Waals surface area contributed by atoms with E-state index in [0.29, 0.717) is 13.1 Å². The first-order chi connectivity index (χ1) is 9.00. The average Bonchev–Trinajstić information content (AvgIpc) is 2.88. The zero-order valence-corrected chi connectivity index (χ0v) is 10.1. The van der Waals surface area contributed by atoms with Gasteiger partial charge in [-0.1, -0.05) is 0 Å². The van der Waals surface area contributed by atoms with Gasteiger partial charge < -0.3 is 9.88 Å². The maximum Gasteiger partial charge on any atom is 0.433 e. The van der Waals surface area contributed by atoms with Crippen molar-refractivity contribution in [3.05, 3.63) is 36.2 Å². The van der Waals surface area contributed by atoms with Crippen molar-refractivity contribution in [2.75, 3.05) is 11.4 Å². The molecular formula is C11H12F3N5. The molecule has 8 heteroatoms. The molecule has 102 valence electrons. The molecule has 2 aromatic heterocycles. The van der Waals surface area contributed by atoms with Crippen molar-refractivity contribution in [3.8, 4) is 0 Å². The molecule has 0 aliphatic carbocycles. The number of hydrogen-bond acceptors (Lipinski definition) is 4. The van der Waals surface area contributed by atoms with Gasteiger partial charge in [-0.3, -0.25) is 0 Å². The van der Waals surface area contributed by atoms with Gasteiger partial charge in [0.1, 0.15) is 5.69 Å². The van der Waals surface area contributed by atoms with E-state index in [9.17, 15) is 13.2 Å². The number of anilines is 1. The highest BCUT2D eigenvalue weighted by molar-refractivity contribution is 5.31.